The number of rotatable bonds is 4. The van der Waals surface area contributed by atoms with E-state index in [1.54, 1.807) is 0 Å². The van der Waals surface area contributed by atoms with Crippen molar-refractivity contribution in [3.63, 3.8) is 0 Å². The van der Waals surface area contributed by atoms with Crippen LogP contribution in [-0.2, 0) is 6.54 Å². The zero-order valence-corrected chi connectivity index (χ0v) is 7.59. The molecule has 0 fully saturated rings. The topological polar surface area (TPSA) is 37.0 Å². The van der Waals surface area contributed by atoms with Crippen LogP contribution in [0, 0.1) is 0 Å². The summed E-state index contributed by atoms with van der Waals surface area (Å²) in [6.45, 7) is 3.85. The Labute approximate surface area is 73.2 Å². The van der Waals surface area contributed by atoms with E-state index in [-0.39, 0.29) is 0 Å². The lowest BCUT2D eigenvalue weighted by molar-refractivity contribution is 0.791. The molecule has 0 spiro atoms. The van der Waals surface area contributed by atoms with Crippen LogP contribution in [0.4, 0.5) is 5.69 Å². The van der Waals surface area contributed by atoms with Gasteiger partial charge in [0.05, 0.1) is 5.69 Å². The van der Waals surface area contributed by atoms with Crippen molar-refractivity contribution in [3.05, 3.63) is 24.0 Å². The fourth-order valence-corrected chi connectivity index (χ4v) is 1.07. The van der Waals surface area contributed by atoms with Crippen LogP contribution in [0.25, 0.3) is 0 Å². The maximum atomic E-state index is 4.21. The van der Waals surface area contributed by atoms with Gasteiger partial charge < -0.3 is 10.6 Å². The summed E-state index contributed by atoms with van der Waals surface area (Å²) in [6, 6.07) is 4.03. The third-order valence-electron chi connectivity index (χ3n) is 1.56. The SMILES string of the molecule is CCNc1ccnc(CNC)c1. The number of nitrogens with one attached hydrogen (secondary N) is 2. The Morgan fingerprint density at radius 1 is 1.50 bits per heavy atom. The normalized spacial score (nSPS) is 9.83. The van der Waals surface area contributed by atoms with E-state index in [1.165, 1.54) is 0 Å². The van der Waals surface area contributed by atoms with Gasteiger partial charge in [0.1, 0.15) is 0 Å². The average Bonchev–Trinajstić information content (AvgIpc) is 2.06. The lowest BCUT2D eigenvalue weighted by Gasteiger charge is -2.04. The van der Waals surface area contributed by atoms with Gasteiger partial charge in [0.15, 0.2) is 0 Å². The highest BCUT2D eigenvalue weighted by Crippen LogP contribution is 2.06. The molecule has 12 heavy (non-hydrogen) atoms. The first-order chi connectivity index (χ1) is 5.86. The minimum absolute atomic E-state index is 0.819. The third kappa shape index (κ3) is 2.51. The molecular formula is C9H15N3. The second-order valence-electron chi connectivity index (χ2n) is 2.60. The molecule has 0 radical (unpaired) electrons. The van der Waals surface area contributed by atoms with Crippen LogP contribution in [0.1, 0.15) is 12.6 Å². The molecule has 0 aliphatic heterocycles. The number of hydrogen-bond donors (Lipinski definition) is 2. The zero-order valence-electron chi connectivity index (χ0n) is 7.59. The van der Waals surface area contributed by atoms with Crippen LogP contribution in [0.2, 0.25) is 0 Å². The summed E-state index contributed by atoms with van der Waals surface area (Å²) in [5.74, 6) is 0. The molecule has 66 valence electrons. The summed E-state index contributed by atoms with van der Waals surface area (Å²) in [5.41, 5.74) is 2.20. The van der Waals surface area contributed by atoms with Crippen molar-refractivity contribution in [2.24, 2.45) is 0 Å². The van der Waals surface area contributed by atoms with Crippen LogP contribution in [0.5, 0.6) is 0 Å². The molecule has 0 unspecified atom stereocenters. The predicted octanol–water partition coefficient (Wildman–Crippen LogP) is 1.23. The standard InChI is InChI=1S/C9H15N3/c1-3-11-8-4-5-12-9(6-8)7-10-2/h4-6,10H,3,7H2,1-2H3,(H,11,12). The first-order valence-electron chi connectivity index (χ1n) is 4.20. The molecule has 0 atom stereocenters. The van der Waals surface area contributed by atoms with E-state index in [9.17, 15) is 0 Å². The van der Waals surface area contributed by atoms with Gasteiger partial charge in [-0.15, -0.1) is 0 Å². The lowest BCUT2D eigenvalue weighted by atomic mass is 10.3. The van der Waals surface area contributed by atoms with Crippen molar-refractivity contribution in [3.8, 4) is 0 Å². The Balaban J connectivity index is 2.67. The fraction of sp³-hybridized carbons (Fsp3) is 0.444. The Bertz CT molecular complexity index is 214. The van der Waals surface area contributed by atoms with Crippen LogP contribution < -0.4 is 10.6 Å². The van der Waals surface area contributed by atoms with E-state index in [2.05, 4.69) is 28.6 Å². The maximum absolute atomic E-state index is 4.21. The first-order valence-corrected chi connectivity index (χ1v) is 4.20. The van der Waals surface area contributed by atoms with Crippen molar-refractivity contribution in [2.75, 3.05) is 18.9 Å². The predicted molar refractivity (Wildman–Crippen MR) is 51.2 cm³/mol. The van der Waals surface area contributed by atoms with Gasteiger partial charge in [-0.3, -0.25) is 4.98 Å². The summed E-state index contributed by atoms with van der Waals surface area (Å²) < 4.78 is 0. The number of aromatic nitrogens is 1. The molecule has 0 saturated heterocycles. The van der Waals surface area contributed by atoms with E-state index < -0.39 is 0 Å². The summed E-state index contributed by atoms with van der Waals surface area (Å²) in [7, 11) is 1.92. The van der Waals surface area contributed by atoms with Gasteiger partial charge >= 0.3 is 0 Å². The molecule has 0 aliphatic rings. The van der Waals surface area contributed by atoms with E-state index in [0.717, 1.165) is 24.5 Å². The molecular weight excluding hydrogens is 150 g/mol. The average molecular weight is 165 g/mol. The molecule has 1 rings (SSSR count). The molecule has 3 nitrogen and oxygen atoms in total. The van der Waals surface area contributed by atoms with Crippen molar-refractivity contribution >= 4 is 5.69 Å². The van der Waals surface area contributed by atoms with E-state index in [0.29, 0.717) is 0 Å². The molecule has 3 heteroatoms. The van der Waals surface area contributed by atoms with E-state index >= 15 is 0 Å². The Hall–Kier alpha value is -1.09. The van der Waals surface area contributed by atoms with E-state index in [4.69, 9.17) is 0 Å². The summed E-state index contributed by atoms with van der Waals surface area (Å²) in [6.07, 6.45) is 1.82. The number of hydrogen-bond acceptors (Lipinski definition) is 3. The molecule has 0 bridgehead atoms. The van der Waals surface area contributed by atoms with Gasteiger partial charge in [0.25, 0.3) is 0 Å². The molecule has 0 aliphatic carbocycles. The third-order valence-corrected chi connectivity index (χ3v) is 1.56. The molecule has 2 N–H and O–H groups in total. The quantitative estimate of drug-likeness (QED) is 0.704. The lowest BCUT2D eigenvalue weighted by Crippen LogP contribution is -2.07. The summed E-state index contributed by atoms with van der Waals surface area (Å²) >= 11 is 0. The number of pyridine rings is 1. The van der Waals surface area contributed by atoms with Gasteiger partial charge in [-0.1, -0.05) is 0 Å². The zero-order chi connectivity index (χ0) is 8.81. The monoisotopic (exact) mass is 165 g/mol. The second-order valence-corrected chi connectivity index (χ2v) is 2.60. The molecule has 1 aromatic heterocycles. The fourth-order valence-electron chi connectivity index (χ4n) is 1.07. The van der Waals surface area contributed by atoms with Crippen LogP contribution >= 0.6 is 0 Å². The van der Waals surface area contributed by atoms with Crippen molar-refractivity contribution in [1.82, 2.24) is 10.3 Å². The van der Waals surface area contributed by atoms with Crippen LogP contribution in [-0.4, -0.2) is 18.6 Å². The Kier molecular flexibility index (Phi) is 3.54. The molecule has 0 amide bonds. The minimum Gasteiger partial charge on any atom is -0.385 e. The molecule has 0 saturated carbocycles. The highest BCUT2D eigenvalue weighted by atomic mass is 14.9. The van der Waals surface area contributed by atoms with Crippen molar-refractivity contribution < 1.29 is 0 Å². The van der Waals surface area contributed by atoms with Crippen LogP contribution in [0.3, 0.4) is 0 Å². The molecule has 1 heterocycles. The van der Waals surface area contributed by atoms with Gasteiger partial charge in [0, 0.05) is 25.0 Å². The largest absolute Gasteiger partial charge is 0.385 e. The number of anilines is 1. The molecule has 1 aromatic rings. The first kappa shape index (κ1) is 9.00. The Morgan fingerprint density at radius 2 is 2.33 bits per heavy atom. The number of nitrogens with zero attached hydrogens (tertiary/aromatic N) is 1. The van der Waals surface area contributed by atoms with Gasteiger partial charge in [-0.05, 0) is 26.1 Å². The summed E-state index contributed by atoms with van der Waals surface area (Å²) in [4.78, 5) is 4.21. The van der Waals surface area contributed by atoms with Gasteiger partial charge in [0.2, 0.25) is 0 Å². The van der Waals surface area contributed by atoms with Crippen LogP contribution in [0.15, 0.2) is 18.3 Å². The Morgan fingerprint density at radius 3 is 3.00 bits per heavy atom. The van der Waals surface area contributed by atoms with E-state index in [1.807, 2.05) is 19.3 Å². The highest BCUT2D eigenvalue weighted by Gasteiger charge is 1.93. The minimum atomic E-state index is 0.819. The smallest absolute Gasteiger partial charge is 0.0562 e. The highest BCUT2D eigenvalue weighted by molar-refractivity contribution is 5.42. The van der Waals surface area contributed by atoms with Gasteiger partial charge in [-0.25, -0.2) is 0 Å². The summed E-state index contributed by atoms with van der Waals surface area (Å²) in [5, 5.41) is 6.30. The molecule has 0 aromatic carbocycles. The van der Waals surface area contributed by atoms with Crippen molar-refractivity contribution in [1.29, 1.82) is 0 Å². The second kappa shape index (κ2) is 4.72. The maximum Gasteiger partial charge on any atom is 0.0562 e. The van der Waals surface area contributed by atoms with Gasteiger partial charge in [-0.2, -0.15) is 0 Å². The van der Waals surface area contributed by atoms with Crippen molar-refractivity contribution in [2.45, 2.75) is 13.5 Å².